The third-order valence-electron chi connectivity index (χ3n) is 7.41. The Morgan fingerprint density at radius 3 is 2.38 bits per heavy atom. The number of carbonyl (C=O) groups excluding carboxylic acids is 1. The van der Waals surface area contributed by atoms with Crippen LogP contribution in [0, 0.1) is 5.92 Å². The Balaban J connectivity index is 1.13. The van der Waals surface area contributed by atoms with Crippen LogP contribution in [0.2, 0.25) is 0 Å². The van der Waals surface area contributed by atoms with Gasteiger partial charge in [-0.1, -0.05) is 73.3 Å². The Morgan fingerprint density at radius 1 is 0.889 bits per heavy atom. The lowest BCUT2D eigenvalue weighted by Crippen LogP contribution is -2.38. The molecule has 4 aromatic carbocycles. The van der Waals surface area contributed by atoms with E-state index in [0.29, 0.717) is 28.0 Å². The van der Waals surface area contributed by atoms with Gasteiger partial charge in [-0.25, -0.2) is 9.78 Å². The number of aromatic amines is 1. The number of para-hydroxylation sites is 1. The van der Waals surface area contributed by atoms with Gasteiger partial charge in [0.2, 0.25) is 0 Å². The number of hydrogen-bond acceptors (Lipinski definition) is 8. The van der Waals surface area contributed by atoms with E-state index in [1.54, 1.807) is 24.3 Å². The Labute approximate surface area is 265 Å². The van der Waals surface area contributed by atoms with Crippen LogP contribution in [0.3, 0.4) is 0 Å². The number of carbonyl (C=O) groups is 1. The van der Waals surface area contributed by atoms with Gasteiger partial charge in [-0.05, 0) is 59.7 Å². The number of thioether (sulfide) groups is 1. The zero-order chi connectivity index (χ0) is 31.0. The molecule has 1 saturated heterocycles. The molecule has 1 aliphatic heterocycles. The molecule has 2 heterocycles. The molecule has 0 spiro atoms. The summed E-state index contributed by atoms with van der Waals surface area (Å²) in [5.41, 5.74) is 3.82. The molecule has 45 heavy (non-hydrogen) atoms. The van der Waals surface area contributed by atoms with Crippen LogP contribution in [-0.4, -0.2) is 38.2 Å². The van der Waals surface area contributed by atoms with Crippen molar-refractivity contribution in [3.8, 4) is 11.5 Å². The van der Waals surface area contributed by atoms with Crippen molar-refractivity contribution in [2.75, 3.05) is 16.4 Å². The first-order valence-corrected chi connectivity index (χ1v) is 15.5. The molecule has 2 amide bonds. The third kappa shape index (κ3) is 7.89. The molecule has 0 saturated carbocycles. The van der Waals surface area contributed by atoms with E-state index in [4.69, 9.17) is 14.2 Å². The van der Waals surface area contributed by atoms with Crippen LogP contribution in [0.1, 0.15) is 36.0 Å². The highest BCUT2D eigenvalue weighted by atomic mass is 32.2. The largest absolute Gasteiger partial charge is 0.457 e. The number of urea groups is 1. The average molecular weight is 624 g/mol. The van der Waals surface area contributed by atoms with Crippen molar-refractivity contribution < 1.29 is 24.1 Å². The van der Waals surface area contributed by atoms with Crippen LogP contribution < -0.4 is 15.4 Å². The first-order valence-electron chi connectivity index (χ1n) is 14.5. The van der Waals surface area contributed by atoms with Crippen LogP contribution in [0.4, 0.5) is 16.2 Å². The second-order valence-electron chi connectivity index (χ2n) is 10.6. The quantitative estimate of drug-likeness (QED) is 0.119. The number of aromatic nitrogens is 3. The Hall–Kier alpha value is -4.68. The van der Waals surface area contributed by atoms with Gasteiger partial charge < -0.3 is 30.0 Å². The van der Waals surface area contributed by atoms with Crippen molar-refractivity contribution in [3.63, 3.8) is 0 Å². The van der Waals surface area contributed by atoms with Gasteiger partial charge >= 0.3 is 6.03 Å². The fourth-order valence-electron chi connectivity index (χ4n) is 5.02. The Bertz CT molecular complexity index is 1670. The molecular formula is C34H33N5O5S. The van der Waals surface area contributed by atoms with E-state index in [1.165, 1.54) is 18.1 Å². The highest BCUT2D eigenvalue weighted by Gasteiger charge is 2.38. The molecule has 0 radical (unpaired) electrons. The highest BCUT2D eigenvalue weighted by Crippen LogP contribution is 2.43. The van der Waals surface area contributed by atoms with Crippen LogP contribution >= 0.6 is 11.8 Å². The summed E-state index contributed by atoms with van der Waals surface area (Å²) in [5, 5.41) is 22.8. The number of aliphatic hydroxyl groups is 1. The Morgan fingerprint density at radius 2 is 1.64 bits per heavy atom. The fourth-order valence-corrected chi connectivity index (χ4v) is 5.97. The summed E-state index contributed by atoms with van der Waals surface area (Å²) in [5.74, 6) is 2.06. The zero-order valence-corrected chi connectivity index (χ0v) is 25.3. The molecule has 11 heteroatoms. The summed E-state index contributed by atoms with van der Waals surface area (Å²) in [6, 6.07) is 31.5. The van der Waals surface area contributed by atoms with Crippen LogP contribution in [0.25, 0.3) is 0 Å². The fraction of sp³-hybridized carbons (Fsp3) is 0.206. The van der Waals surface area contributed by atoms with Gasteiger partial charge in [0.05, 0.1) is 18.8 Å². The van der Waals surface area contributed by atoms with E-state index in [-0.39, 0.29) is 30.8 Å². The van der Waals surface area contributed by atoms with Crippen LogP contribution in [0.5, 0.6) is 11.5 Å². The number of nitrogens with zero attached hydrogens (tertiary/aromatic N) is 2. The van der Waals surface area contributed by atoms with Gasteiger partial charge in [-0.2, -0.15) is 5.10 Å². The number of amides is 2. The van der Waals surface area contributed by atoms with Crippen molar-refractivity contribution in [2.24, 2.45) is 5.92 Å². The van der Waals surface area contributed by atoms with Gasteiger partial charge in [-0.3, -0.25) is 5.10 Å². The van der Waals surface area contributed by atoms with E-state index < -0.39 is 6.29 Å². The number of aliphatic hydroxyl groups excluding tert-OH is 1. The number of rotatable bonds is 10. The first-order chi connectivity index (χ1) is 22.0. The molecule has 1 aromatic heterocycles. The second-order valence-corrected chi connectivity index (χ2v) is 11.6. The first kappa shape index (κ1) is 30.4. The van der Waals surface area contributed by atoms with E-state index >= 15 is 0 Å². The van der Waals surface area contributed by atoms with Gasteiger partial charge in [0.25, 0.3) is 0 Å². The van der Waals surface area contributed by atoms with E-state index in [1.807, 2.05) is 78.9 Å². The summed E-state index contributed by atoms with van der Waals surface area (Å²) in [7, 11) is 0. The molecular weight excluding hydrogens is 590 g/mol. The van der Waals surface area contributed by atoms with Crippen molar-refractivity contribution in [1.82, 2.24) is 15.2 Å². The van der Waals surface area contributed by atoms with Gasteiger partial charge in [-0.15, -0.1) is 0 Å². The molecule has 4 unspecified atom stereocenters. The lowest BCUT2D eigenvalue weighted by molar-refractivity contribution is -0.268. The molecule has 4 atom stereocenters. The standard InChI is InChI=1S/C34H33N5O5S/c1-22-30(20-45-34-35-21-36-39-34)43-32(44-31(22)24-12-10-23(19-40)11-13-24)25-6-5-7-27(18-25)38-33(41)37-26-14-16-29(17-15-26)42-28-8-3-2-4-9-28/h2-18,21-22,30-32,40H,19-20H2,1H3,(H,35,36,39)(H2,37,38,41). The third-order valence-corrected chi connectivity index (χ3v) is 8.37. The van der Waals surface area contributed by atoms with E-state index in [9.17, 15) is 9.90 Å². The van der Waals surface area contributed by atoms with Crippen molar-refractivity contribution in [3.05, 3.63) is 126 Å². The molecule has 4 N–H and O–H groups in total. The smallest absolute Gasteiger partial charge is 0.323 e. The minimum atomic E-state index is -0.675. The van der Waals surface area contributed by atoms with E-state index in [0.717, 1.165) is 22.4 Å². The summed E-state index contributed by atoms with van der Waals surface area (Å²) in [6.45, 7) is 2.08. The SMILES string of the molecule is CC1C(CSc2ncn[nH]2)OC(c2cccc(NC(=O)Nc3ccc(Oc4ccccc4)cc3)c2)OC1c1ccc(CO)cc1. The number of hydrogen-bond donors (Lipinski definition) is 4. The Kier molecular flexibility index (Phi) is 9.71. The maximum absolute atomic E-state index is 12.9. The molecule has 1 aliphatic rings. The van der Waals surface area contributed by atoms with Crippen molar-refractivity contribution in [2.45, 2.75) is 37.2 Å². The molecule has 5 aromatic rings. The van der Waals surface area contributed by atoms with E-state index in [2.05, 4.69) is 32.7 Å². The monoisotopic (exact) mass is 623 g/mol. The molecule has 230 valence electrons. The average Bonchev–Trinajstić information content (AvgIpc) is 3.60. The predicted molar refractivity (Wildman–Crippen MR) is 172 cm³/mol. The molecule has 0 aliphatic carbocycles. The molecule has 1 fully saturated rings. The number of benzene rings is 4. The highest BCUT2D eigenvalue weighted by molar-refractivity contribution is 7.99. The van der Waals surface area contributed by atoms with Crippen molar-refractivity contribution >= 4 is 29.2 Å². The summed E-state index contributed by atoms with van der Waals surface area (Å²) in [4.78, 5) is 17.1. The maximum atomic E-state index is 12.9. The van der Waals surface area contributed by atoms with Crippen LogP contribution in [0.15, 0.2) is 115 Å². The maximum Gasteiger partial charge on any atom is 0.323 e. The number of H-pyrrole nitrogens is 1. The summed E-state index contributed by atoms with van der Waals surface area (Å²) < 4.78 is 18.9. The number of anilines is 2. The normalized spacial score (nSPS) is 19.5. The predicted octanol–water partition coefficient (Wildman–Crippen LogP) is 7.32. The minimum absolute atomic E-state index is 0.0215. The number of nitrogens with one attached hydrogen (secondary N) is 3. The van der Waals surface area contributed by atoms with Crippen molar-refractivity contribution in [1.29, 1.82) is 0 Å². The zero-order valence-electron chi connectivity index (χ0n) is 24.5. The molecule has 6 rings (SSSR count). The summed E-state index contributed by atoms with van der Waals surface area (Å²) in [6.07, 6.45) is 0.376. The topological polar surface area (TPSA) is 131 Å². The van der Waals surface area contributed by atoms with Gasteiger partial charge in [0.15, 0.2) is 11.4 Å². The number of ether oxygens (including phenoxy) is 3. The lowest BCUT2D eigenvalue weighted by atomic mass is 9.91. The minimum Gasteiger partial charge on any atom is -0.457 e. The van der Waals surface area contributed by atoms with Gasteiger partial charge in [0, 0.05) is 28.6 Å². The molecule has 0 bridgehead atoms. The second kappa shape index (κ2) is 14.4. The van der Waals surface area contributed by atoms with Gasteiger partial charge in [0.1, 0.15) is 17.8 Å². The van der Waals surface area contributed by atoms with Crippen LogP contribution in [-0.2, 0) is 16.1 Å². The summed E-state index contributed by atoms with van der Waals surface area (Å²) >= 11 is 1.54. The lowest BCUT2D eigenvalue weighted by Gasteiger charge is -2.41. The molecule has 10 nitrogen and oxygen atoms in total.